The topological polar surface area (TPSA) is 97.1 Å². The number of hydrogen-bond acceptors (Lipinski definition) is 5. The van der Waals surface area contributed by atoms with Crippen LogP contribution in [0, 0.1) is 0 Å². The van der Waals surface area contributed by atoms with Gasteiger partial charge in [0.1, 0.15) is 0 Å². The highest BCUT2D eigenvalue weighted by Crippen LogP contribution is 2.14. The zero-order valence-electron chi connectivity index (χ0n) is 13.3. The fourth-order valence-corrected chi connectivity index (χ4v) is 2.14. The number of benzene rings is 1. The van der Waals surface area contributed by atoms with Gasteiger partial charge in [0, 0.05) is 18.5 Å². The second kappa shape index (κ2) is 7.87. The number of nitrogens with one attached hydrogen (secondary N) is 2. The number of aromatic nitrogens is 2. The molecule has 1 aromatic carbocycles. The Morgan fingerprint density at radius 2 is 1.76 bits per heavy atom. The van der Waals surface area contributed by atoms with Gasteiger partial charge < -0.3 is 15.1 Å². The van der Waals surface area contributed by atoms with Crippen molar-refractivity contribution < 1.29 is 14.0 Å². The molecule has 126 valence electrons. The highest BCUT2D eigenvalue weighted by Gasteiger charge is 2.09. The highest BCUT2D eigenvalue weighted by atomic mass is 16.3. The van der Waals surface area contributed by atoms with E-state index in [4.69, 9.17) is 4.42 Å². The minimum Gasteiger partial charge on any atom is -0.459 e. The monoisotopic (exact) mass is 336 g/mol. The molecule has 3 aromatic rings. The normalized spacial score (nSPS) is 10.2. The molecule has 0 aliphatic carbocycles. The Kier molecular flexibility index (Phi) is 5.16. The molecule has 0 spiro atoms. The summed E-state index contributed by atoms with van der Waals surface area (Å²) in [6, 6.07) is 12.7. The van der Waals surface area contributed by atoms with E-state index in [9.17, 15) is 9.59 Å². The highest BCUT2D eigenvalue weighted by molar-refractivity contribution is 5.93. The Hall–Kier alpha value is -3.48. The summed E-state index contributed by atoms with van der Waals surface area (Å²) in [7, 11) is 0. The Bertz CT molecular complexity index is 831. The third kappa shape index (κ3) is 4.51. The van der Waals surface area contributed by atoms with E-state index in [-0.39, 0.29) is 30.5 Å². The molecule has 25 heavy (non-hydrogen) atoms. The molecular weight excluding hydrogens is 320 g/mol. The van der Waals surface area contributed by atoms with E-state index in [1.165, 1.54) is 6.26 Å². The molecule has 0 fully saturated rings. The molecule has 0 radical (unpaired) electrons. The van der Waals surface area contributed by atoms with Crippen molar-refractivity contribution in [1.82, 2.24) is 15.3 Å². The average Bonchev–Trinajstić information content (AvgIpc) is 3.18. The lowest BCUT2D eigenvalue weighted by molar-refractivity contribution is -0.116. The molecule has 0 atom stereocenters. The number of rotatable bonds is 6. The fourth-order valence-electron chi connectivity index (χ4n) is 2.14. The number of furan rings is 1. The van der Waals surface area contributed by atoms with Crippen LogP contribution < -0.4 is 10.6 Å². The largest absolute Gasteiger partial charge is 0.459 e. The standard InChI is InChI=1S/C18H16N4O3/c23-16(8-9-19-18(24)15-7-4-10-25-15)22-14-11-20-17(21-12-14)13-5-2-1-3-6-13/h1-7,10-12H,8-9H2,(H,19,24)(H,22,23). The third-order valence-corrected chi connectivity index (χ3v) is 3.35. The Balaban J connectivity index is 1.47. The van der Waals surface area contributed by atoms with Crippen molar-refractivity contribution in [3.8, 4) is 11.4 Å². The molecule has 0 bridgehead atoms. The Labute approximate surface area is 144 Å². The molecular formula is C18H16N4O3. The number of carbonyl (C=O) groups is 2. The predicted molar refractivity (Wildman–Crippen MR) is 91.8 cm³/mol. The first-order chi connectivity index (χ1) is 12.2. The van der Waals surface area contributed by atoms with Gasteiger partial charge in [-0.05, 0) is 12.1 Å². The van der Waals surface area contributed by atoms with Crippen molar-refractivity contribution >= 4 is 17.5 Å². The number of nitrogens with zero attached hydrogens (tertiary/aromatic N) is 2. The van der Waals surface area contributed by atoms with Crippen LogP contribution in [0.1, 0.15) is 17.0 Å². The van der Waals surface area contributed by atoms with Crippen molar-refractivity contribution in [2.45, 2.75) is 6.42 Å². The summed E-state index contributed by atoms with van der Waals surface area (Å²) in [5.41, 5.74) is 1.41. The van der Waals surface area contributed by atoms with Crippen LogP contribution in [0.4, 0.5) is 5.69 Å². The van der Waals surface area contributed by atoms with Crippen LogP contribution in [-0.2, 0) is 4.79 Å². The third-order valence-electron chi connectivity index (χ3n) is 3.35. The average molecular weight is 336 g/mol. The van der Waals surface area contributed by atoms with E-state index >= 15 is 0 Å². The molecule has 2 amide bonds. The predicted octanol–water partition coefficient (Wildman–Crippen LogP) is 2.50. The maximum atomic E-state index is 11.9. The van der Waals surface area contributed by atoms with Crippen LogP contribution in [0.3, 0.4) is 0 Å². The van der Waals surface area contributed by atoms with Gasteiger partial charge in [0.25, 0.3) is 5.91 Å². The van der Waals surface area contributed by atoms with Crippen LogP contribution >= 0.6 is 0 Å². The molecule has 0 aliphatic rings. The molecule has 2 heterocycles. The summed E-state index contributed by atoms with van der Waals surface area (Å²) in [5.74, 6) is 0.207. The summed E-state index contributed by atoms with van der Waals surface area (Å²) in [4.78, 5) is 32.0. The van der Waals surface area contributed by atoms with Gasteiger partial charge in [-0.1, -0.05) is 30.3 Å². The number of hydrogen-bond donors (Lipinski definition) is 2. The van der Waals surface area contributed by atoms with E-state index < -0.39 is 0 Å². The lowest BCUT2D eigenvalue weighted by atomic mass is 10.2. The van der Waals surface area contributed by atoms with Crippen molar-refractivity contribution in [2.24, 2.45) is 0 Å². The first-order valence-corrected chi connectivity index (χ1v) is 7.71. The van der Waals surface area contributed by atoms with Crippen LogP contribution in [0.2, 0.25) is 0 Å². The van der Waals surface area contributed by atoms with Gasteiger partial charge in [-0.15, -0.1) is 0 Å². The van der Waals surface area contributed by atoms with Crippen LogP contribution in [0.5, 0.6) is 0 Å². The lowest BCUT2D eigenvalue weighted by Crippen LogP contribution is -2.27. The molecule has 0 aliphatic heterocycles. The van der Waals surface area contributed by atoms with Crippen LogP contribution in [0.15, 0.2) is 65.5 Å². The summed E-state index contributed by atoms with van der Waals surface area (Å²) < 4.78 is 4.97. The number of amides is 2. The second-order valence-corrected chi connectivity index (χ2v) is 5.19. The molecule has 0 saturated carbocycles. The van der Waals surface area contributed by atoms with Crippen molar-refractivity contribution in [1.29, 1.82) is 0 Å². The SMILES string of the molecule is O=C(CCNC(=O)c1ccco1)Nc1cnc(-c2ccccc2)nc1. The van der Waals surface area contributed by atoms with E-state index in [0.717, 1.165) is 5.56 Å². The maximum Gasteiger partial charge on any atom is 0.286 e. The zero-order valence-corrected chi connectivity index (χ0v) is 13.3. The molecule has 7 nitrogen and oxygen atoms in total. The van der Waals surface area contributed by atoms with E-state index in [2.05, 4.69) is 20.6 Å². The molecule has 2 aromatic heterocycles. The summed E-state index contributed by atoms with van der Waals surface area (Å²) in [6.45, 7) is 0.203. The molecule has 0 saturated heterocycles. The van der Waals surface area contributed by atoms with Gasteiger partial charge in [0.2, 0.25) is 5.91 Å². The van der Waals surface area contributed by atoms with Gasteiger partial charge in [0.05, 0.1) is 24.3 Å². The second-order valence-electron chi connectivity index (χ2n) is 5.19. The van der Waals surface area contributed by atoms with Gasteiger partial charge >= 0.3 is 0 Å². The van der Waals surface area contributed by atoms with E-state index in [0.29, 0.717) is 11.5 Å². The minimum atomic E-state index is -0.353. The smallest absolute Gasteiger partial charge is 0.286 e. The molecule has 3 rings (SSSR count). The number of anilines is 1. The van der Waals surface area contributed by atoms with Gasteiger partial charge in [0.15, 0.2) is 11.6 Å². The van der Waals surface area contributed by atoms with Crippen molar-refractivity contribution in [2.75, 3.05) is 11.9 Å². The quantitative estimate of drug-likeness (QED) is 0.721. The summed E-state index contributed by atoms with van der Waals surface area (Å²) in [6.07, 6.45) is 4.65. The number of carbonyl (C=O) groups excluding carboxylic acids is 2. The minimum absolute atomic E-state index is 0.132. The van der Waals surface area contributed by atoms with E-state index in [1.807, 2.05) is 30.3 Å². The summed E-state index contributed by atoms with van der Waals surface area (Å²) in [5, 5.41) is 5.30. The molecule has 2 N–H and O–H groups in total. The van der Waals surface area contributed by atoms with Crippen molar-refractivity contribution in [3.63, 3.8) is 0 Å². The van der Waals surface area contributed by atoms with Crippen molar-refractivity contribution in [3.05, 3.63) is 66.9 Å². The zero-order chi connectivity index (χ0) is 17.5. The van der Waals surface area contributed by atoms with Gasteiger partial charge in [-0.3, -0.25) is 9.59 Å². The van der Waals surface area contributed by atoms with Crippen LogP contribution in [-0.4, -0.2) is 28.3 Å². The first kappa shape index (κ1) is 16.4. The maximum absolute atomic E-state index is 11.9. The first-order valence-electron chi connectivity index (χ1n) is 7.71. The molecule has 7 heteroatoms. The lowest BCUT2D eigenvalue weighted by Gasteiger charge is -2.06. The van der Waals surface area contributed by atoms with E-state index in [1.54, 1.807) is 24.5 Å². The summed E-state index contributed by atoms with van der Waals surface area (Å²) >= 11 is 0. The fraction of sp³-hybridized carbons (Fsp3) is 0.111. The Morgan fingerprint density at radius 3 is 2.44 bits per heavy atom. The van der Waals surface area contributed by atoms with Gasteiger partial charge in [-0.2, -0.15) is 0 Å². The van der Waals surface area contributed by atoms with Gasteiger partial charge in [-0.25, -0.2) is 9.97 Å². The van der Waals surface area contributed by atoms with Crippen LogP contribution in [0.25, 0.3) is 11.4 Å². The Morgan fingerprint density at radius 1 is 1.00 bits per heavy atom. The molecule has 0 unspecified atom stereocenters.